The van der Waals surface area contributed by atoms with Gasteiger partial charge in [-0.3, -0.25) is 9.78 Å². The third-order valence-electron chi connectivity index (χ3n) is 5.67. The van der Waals surface area contributed by atoms with Crippen LogP contribution in [0, 0.1) is 6.92 Å². The minimum Gasteiger partial charge on any atom is -0.392 e. The minimum absolute atomic E-state index is 0.161. The molecule has 2 aromatic heterocycles. The molecule has 3 N–H and O–H groups in total. The molecule has 3 aromatic rings. The van der Waals surface area contributed by atoms with Crippen LogP contribution in [0.4, 0.5) is 30.6 Å². The van der Waals surface area contributed by atoms with Gasteiger partial charge in [-0.25, -0.2) is 4.98 Å². The van der Waals surface area contributed by atoms with Crippen molar-refractivity contribution in [2.75, 3.05) is 48.4 Å². The van der Waals surface area contributed by atoms with E-state index in [9.17, 15) is 23.1 Å². The van der Waals surface area contributed by atoms with Gasteiger partial charge in [0.25, 0.3) is 5.91 Å². The van der Waals surface area contributed by atoms with Gasteiger partial charge >= 0.3 is 6.18 Å². The van der Waals surface area contributed by atoms with Crippen LogP contribution in [0.25, 0.3) is 11.3 Å². The van der Waals surface area contributed by atoms with Crippen molar-refractivity contribution in [2.45, 2.75) is 26.1 Å². The zero-order chi connectivity index (χ0) is 26.6. The van der Waals surface area contributed by atoms with Gasteiger partial charge in [0.2, 0.25) is 5.95 Å². The molecule has 0 aliphatic carbocycles. The molecule has 1 aliphatic heterocycles. The Hall–Kier alpha value is -3.77. The molecule has 1 unspecified atom stereocenters. The molecule has 4 rings (SSSR count). The number of nitrogens with one attached hydrogen (secondary N) is 2. The van der Waals surface area contributed by atoms with Gasteiger partial charge in [-0.2, -0.15) is 18.2 Å². The summed E-state index contributed by atoms with van der Waals surface area (Å²) in [6.07, 6.45) is -4.29. The van der Waals surface area contributed by atoms with Crippen LogP contribution >= 0.6 is 0 Å². The normalized spacial score (nSPS) is 14.8. The van der Waals surface area contributed by atoms with E-state index < -0.39 is 23.9 Å². The number of amides is 1. The number of carbonyl (C=O) groups is 1. The molecule has 37 heavy (non-hydrogen) atoms. The predicted molar refractivity (Wildman–Crippen MR) is 133 cm³/mol. The van der Waals surface area contributed by atoms with Gasteiger partial charge in [0.05, 0.1) is 25.0 Å². The molecule has 3 heterocycles. The Morgan fingerprint density at radius 2 is 1.92 bits per heavy atom. The van der Waals surface area contributed by atoms with E-state index in [1.807, 2.05) is 11.8 Å². The van der Waals surface area contributed by atoms with Crippen LogP contribution in [0.5, 0.6) is 0 Å². The molecule has 0 bridgehead atoms. The number of benzene rings is 1. The van der Waals surface area contributed by atoms with E-state index in [0.717, 1.165) is 11.8 Å². The lowest BCUT2D eigenvalue weighted by Gasteiger charge is -2.27. The number of hydrogen-bond donors (Lipinski definition) is 3. The summed E-state index contributed by atoms with van der Waals surface area (Å²) >= 11 is 0. The number of aliphatic hydroxyl groups excluding tert-OH is 1. The summed E-state index contributed by atoms with van der Waals surface area (Å²) in [5, 5.41) is 15.5. The molecular weight excluding hydrogens is 489 g/mol. The van der Waals surface area contributed by atoms with Crippen molar-refractivity contribution in [2.24, 2.45) is 0 Å². The summed E-state index contributed by atoms with van der Waals surface area (Å²) in [7, 11) is 0. The fourth-order valence-electron chi connectivity index (χ4n) is 3.73. The molecule has 9 nitrogen and oxygen atoms in total. The number of pyridine rings is 1. The Morgan fingerprint density at radius 3 is 2.62 bits per heavy atom. The Kier molecular flexibility index (Phi) is 7.89. The molecule has 0 saturated carbocycles. The number of carbonyl (C=O) groups excluding carboxylic acids is 1. The van der Waals surface area contributed by atoms with Gasteiger partial charge in [-0.05, 0) is 43.7 Å². The highest BCUT2D eigenvalue weighted by molar-refractivity contribution is 6.04. The lowest BCUT2D eigenvalue weighted by atomic mass is 10.0. The molecule has 1 fully saturated rings. The molecule has 1 aromatic carbocycles. The van der Waals surface area contributed by atoms with Gasteiger partial charge in [-0.1, -0.05) is 6.07 Å². The van der Waals surface area contributed by atoms with Crippen LogP contribution < -0.4 is 15.5 Å². The van der Waals surface area contributed by atoms with Gasteiger partial charge in [0.15, 0.2) is 0 Å². The topological polar surface area (TPSA) is 112 Å². The van der Waals surface area contributed by atoms with E-state index in [-0.39, 0.29) is 5.56 Å². The van der Waals surface area contributed by atoms with Gasteiger partial charge in [0.1, 0.15) is 11.5 Å². The first-order valence-electron chi connectivity index (χ1n) is 11.7. The summed E-state index contributed by atoms with van der Waals surface area (Å²) in [6, 6.07) is 8.85. The van der Waals surface area contributed by atoms with E-state index in [4.69, 9.17) is 9.72 Å². The van der Waals surface area contributed by atoms with Crippen molar-refractivity contribution >= 4 is 23.4 Å². The van der Waals surface area contributed by atoms with Crippen LogP contribution in [0.15, 0.2) is 42.6 Å². The first-order chi connectivity index (χ1) is 17.6. The number of halogens is 3. The first-order valence-corrected chi connectivity index (χ1v) is 11.7. The van der Waals surface area contributed by atoms with Crippen molar-refractivity contribution in [1.82, 2.24) is 15.0 Å². The van der Waals surface area contributed by atoms with Crippen LogP contribution in [0.3, 0.4) is 0 Å². The average molecular weight is 517 g/mol. The van der Waals surface area contributed by atoms with Crippen LogP contribution in [0.2, 0.25) is 0 Å². The van der Waals surface area contributed by atoms with Gasteiger partial charge < -0.3 is 25.4 Å². The highest BCUT2D eigenvalue weighted by Crippen LogP contribution is 2.30. The Balaban J connectivity index is 1.64. The van der Waals surface area contributed by atoms with Crippen molar-refractivity contribution < 1.29 is 27.8 Å². The second-order valence-corrected chi connectivity index (χ2v) is 8.68. The number of aliphatic hydroxyl groups is 1. The maximum absolute atomic E-state index is 13.0. The van der Waals surface area contributed by atoms with Crippen molar-refractivity contribution in [3.8, 4) is 11.3 Å². The number of hydrogen-bond acceptors (Lipinski definition) is 8. The lowest BCUT2D eigenvalue weighted by Crippen LogP contribution is -2.37. The van der Waals surface area contributed by atoms with Crippen molar-refractivity contribution in [1.29, 1.82) is 0 Å². The number of ether oxygens (including phenoxy) is 1. The zero-order valence-corrected chi connectivity index (χ0v) is 20.3. The second-order valence-electron chi connectivity index (χ2n) is 8.68. The maximum atomic E-state index is 13.0. The number of anilines is 3. The number of aromatic nitrogens is 3. The van der Waals surface area contributed by atoms with Crippen LogP contribution in [-0.4, -0.2) is 64.9 Å². The average Bonchev–Trinajstić information content (AvgIpc) is 2.88. The molecule has 196 valence electrons. The summed E-state index contributed by atoms with van der Waals surface area (Å²) in [4.78, 5) is 27.3. The summed E-state index contributed by atoms with van der Waals surface area (Å²) in [5.41, 5.74) is 1.25. The highest BCUT2D eigenvalue weighted by Gasteiger charge is 2.33. The van der Waals surface area contributed by atoms with E-state index in [2.05, 4.69) is 20.6 Å². The number of alkyl halides is 3. The third kappa shape index (κ3) is 6.71. The smallest absolute Gasteiger partial charge is 0.392 e. The Morgan fingerprint density at radius 1 is 1.16 bits per heavy atom. The molecule has 0 radical (unpaired) electrons. The SMILES string of the molecule is Cc1ccc(NC(=O)c2ccnc(C(F)(F)F)c2)cc1-c1cc(NCC(C)O)nc(N2CCOCC2)n1. The fourth-order valence-corrected chi connectivity index (χ4v) is 3.73. The third-order valence-corrected chi connectivity index (χ3v) is 5.67. The number of nitrogens with zero attached hydrogens (tertiary/aromatic N) is 4. The summed E-state index contributed by atoms with van der Waals surface area (Å²) in [6.45, 7) is 6.19. The van der Waals surface area contributed by atoms with E-state index in [0.29, 0.717) is 67.6 Å². The highest BCUT2D eigenvalue weighted by atomic mass is 19.4. The maximum Gasteiger partial charge on any atom is 0.433 e. The fraction of sp³-hybridized carbons (Fsp3) is 0.360. The summed E-state index contributed by atoms with van der Waals surface area (Å²) < 4.78 is 44.4. The molecular formula is C25H27F3N6O3. The largest absolute Gasteiger partial charge is 0.433 e. The number of morpholine rings is 1. The second kappa shape index (κ2) is 11.1. The van der Waals surface area contributed by atoms with Crippen LogP contribution in [0.1, 0.15) is 28.5 Å². The molecule has 0 spiro atoms. The minimum atomic E-state index is -4.65. The number of aryl methyl sites for hydroxylation is 1. The molecule has 1 saturated heterocycles. The Labute approximate surface area is 211 Å². The van der Waals surface area contributed by atoms with E-state index >= 15 is 0 Å². The molecule has 12 heteroatoms. The van der Waals surface area contributed by atoms with Gasteiger partial charge in [-0.15, -0.1) is 0 Å². The monoisotopic (exact) mass is 516 g/mol. The van der Waals surface area contributed by atoms with Crippen molar-refractivity contribution in [3.05, 3.63) is 59.4 Å². The van der Waals surface area contributed by atoms with Crippen molar-refractivity contribution in [3.63, 3.8) is 0 Å². The standard InChI is InChI=1S/C25H27F3N6O3/c1-15-3-4-18(31-23(36)17-5-6-29-21(11-17)25(26,27)28)12-19(15)20-13-22(30-14-16(2)35)33-24(32-20)34-7-9-37-10-8-34/h3-6,11-13,16,35H,7-10,14H2,1-2H3,(H,31,36)(H,30,32,33). The Bertz CT molecular complexity index is 1260. The first kappa shape index (κ1) is 26.3. The summed E-state index contributed by atoms with van der Waals surface area (Å²) in [5.74, 6) is 0.329. The van der Waals surface area contributed by atoms with E-state index in [1.54, 1.807) is 31.2 Å². The zero-order valence-electron chi connectivity index (χ0n) is 20.3. The van der Waals surface area contributed by atoms with E-state index in [1.165, 1.54) is 6.07 Å². The molecule has 1 atom stereocenters. The lowest BCUT2D eigenvalue weighted by molar-refractivity contribution is -0.141. The number of rotatable bonds is 7. The van der Waals surface area contributed by atoms with Crippen LogP contribution in [-0.2, 0) is 10.9 Å². The van der Waals surface area contributed by atoms with Gasteiger partial charge in [0, 0.05) is 48.7 Å². The predicted octanol–water partition coefficient (Wildman–Crippen LogP) is 3.75. The molecule has 1 aliphatic rings. The molecule has 1 amide bonds. The quantitative estimate of drug-likeness (QED) is 0.435.